The molecule has 1 nitrogen and oxygen atoms in total. The summed E-state index contributed by atoms with van der Waals surface area (Å²) < 4.78 is 0. The Balaban J connectivity index is 0.00000210. The van der Waals surface area contributed by atoms with Gasteiger partial charge in [0.05, 0.1) is 5.52 Å². The number of nitrogens with zero attached hydrogens (tertiary/aromatic N) is 1. The zero-order valence-electron chi connectivity index (χ0n) is 15.8. The molecule has 2 aromatic carbocycles. The Morgan fingerprint density at radius 3 is 2.48 bits per heavy atom. The molecule has 0 aliphatic heterocycles. The minimum absolute atomic E-state index is 0. The van der Waals surface area contributed by atoms with Crippen molar-refractivity contribution >= 4 is 34.1 Å². The van der Waals surface area contributed by atoms with Crippen LogP contribution in [0.1, 0.15) is 38.4 Å². The number of rotatable bonds is 1. The predicted molar refractivity (Wildman–Crippen MR) is 112 cm³/mol. The highest BCUT2D eigenvalue weighted by molar-refractivity contribution is 6.34. The third kappa shape index (κ3) is 3.83. The summed E-state index contributed by atoms with van der Waals surface area (Å²) in [5.74, 6) is 0.634. The Labute approximate surface area is 177 Å². The summed E-state index contributed by atoms with van der Waals surface area (Å²) >= 11 is 13.0. The van der Waals surface area contributed by atoms with E-state index < -0.39 is 0 Å². The number of halogens is 3. The molecule has 27 heavy (non-hydrogen) atoms. The first-order chi connectivity index (χ1) is 12.3. The summed E-state index contributed by atoms with van der Waals surface area (Å²) in [6.07, 6.45) is 3.24. The normalized spacial score (nSPS) is 16.7. The van der Waals surface area contributed by atoms with Crippen LogP contribution in [-0.2, 0) is 12.8 Å². The first kappa shape index (κ1) is 20.5. The molecule has 1 aliphatic rings. The van der Waals surface area contributed by atoms with Crippen LogP contribution in [-0.4, -0.2) is 4.98 Å². The summed E-state index contributed by atoms with van der Waals surface area (Å²) in [4.78, 5) is 4.99. The van der Waals surface area contributed by atoms with Crippen LogP contribution in [0.15, 0.2) is 42.5 Å². The second-order valence-electron chi connectivity index (χ2n) is 8.36. The third-order valence-electron chi connectivity index (χ3n) is 5.68. The average Bonchev–Trinajstić information content (AvgIpc) is 2.59. The van der Waals surface area contributed by atoms with Crippen LogP contribution in [0.4, 0.5) is 0 Å². The molecule has 0 saturated heterocycles. The molecule has 4 heteroatoms. The molecule has 4 rings (SSSR count). The minimum atomic E-state index is 0. The van der Waals surface area contributed by atoms with Gasteiger partial charge in [0, 0.05) is 26.7 Å². The van der Waals surface area contributed by atoms with Crippen molar-refractivity contribution < 1.29 is 12.4 Å². The van der Waals surface area contributed by atoms with Crippen molar-refractivity contribution in [3.63, 3.8) is 0 Å². The van der Waals surface area contributed by atoms with E-state index in [0.29, 0.717) is 5.92 Å². The lowest BCUT2D eigenvalue weighted by Gasteiger charge is -2.36. The van der Waals surface area contributed by atoms with Crippen LogP contribution in [0.5, 0.6) is 0 Å². The van der Waals surface area contributed by atoms with Crippen LogP contribution in [0.2, 0.25) is 10.0 Å². The summed E-state index contributed by atoms with van der Waals surface area (Å²) in [6.45, 7) is 7.01. The van der Waals surface area contributed by atoms with Gasteiger partial charge >= 0.3 is 0 Å². The van der Waals surface area contributed by atoms with Crippen molar-refractivity contribution in [2.75, 3.05) is 0 Å². The van der Waals surface area contributed by atoms with Crippen molar-refractivity contribution in [1.82, 2.24) is 4.98 Å². The van der Waals surface area contributed by atoms with Crippen LogP contribution in [0.25, 0.3) is 22.0 Å². The Morgan fingerprint density at radius 1 is 1.04 bits per heavy atom. The monoisotopic (exact) mass is 418 g/mol. The number of pyridine rings is 1. The zero-order valence-corrected chi connectivity index (χ0v) is 18.1. The van der Waals surface area contributed by atoms with Gasteiger partial charge in [-0.05, 0) is 66.0 Å². The molecule has 0 amide bonds. The minimum Gasteiger partial charge on any atom is -1.00 e. The molecule has 3 aromatic rings. The highest BCUT2D eigenvalue weighted by atomic mass is 35.5. The number of benzene rings is 2. The maximum atomic E-state index is 6.61. The van der Waals surface area contributed by atoms with Gasteiger partial charge in [-0.1, -0.05) is 62.2 Å². The van der Waals surface area contributed by atoms with Gasteiger partial charge in [-0.3, -0.25) is 4.98 Å². The van der Waals surface area contributed by atoms with Gasteiger partial charge < -0.3 is 12.4 Å². The molecular weight excluding hydrogens is 397 g/mol. The second-order valence-corrected chi connectivity index (χ2v) is 9.20. The van der Waals surface area contributed by atoms with E-state index >= 15 is 0 Å². The average molecular weight is 420 g/mol. The summed E-state index contributed by atoms with van der Waals surface area (Å²) in [5.41, 5.74) is 6.13. The number of aryl methyl sites for hydroxylation is 1. The SMILES string of the molecule is CC(C)(C)C1CCc2nc3ccc(Cl)cc3c(-c3ccccc3Cl)c2C1.[Cl-]. The number of hydrogen-bond acceptors (Lipinski definition) is 1. The van der Waals surface area contributed by atoms with Crippen molar-refractivity contribution in [3.05, 3.63) is 63.8 Å². The lowest BCUT2D eigenvalue weighted by Crippen LogP contribution is -3.00. The molecule has 1 unspecified atom stereocenters. The van der Waals surface area contributed by atoms with E-state index in [2.05, 4.69) is 32.9 Å². The molecule has 1 aromatic heterocycles. The first-order valence-electron chi connectivity index (χ1n) is 9.20. The van der Waals surface area contributed by atoms with Crippen LogP contribution < -0.4 is 12.4 Å². The Bertz CT molecular complexity index is 989. The lowest BCUT2D eigenvalue weighted by atomic mass is 9.70. The van der Waals surface area contributed by atoms with Gasteiger partial charge in [-0.15, -0.1) is 0 Å². The molecule has 0 fully saturated rings. The van der Waals surface area contributed by atoms with Crippen molar-refractivity contribution in [2.45, 2.75) is 40.0 Å². The smallest absolute Gasteiger partial charge is 0.0712 e. The highest BCUT2D eigenvalue weighted by Crippen LogP contribution is 2.44. The number of fused-ring (bicyclic) bond motifs is 2. The van der Waals surface area contributed by atoms with E-state index in [1.807, 2.05) is 30.3 Å². The second kappa shape index (κ2) is 7.62. The molecule has 0 radical (unpaired) electrons. The van der Waals surface area contributed by atoms with E-state index in [1.165, 1.54) is 23.2 Å². The summed E-state index contributed by atoms with van der Waals surface area (Å²) in [5, 5.41) is 2.61. The van der Waals surface area contributed by atoms with Crippen LogP contribution >= 0.6 is 23.2 Å². The Kier molecular flexibility index (Phi) is 5.77. The van der Waals surface area contributed by atoms with Crippen molar-refractivity contribution in [1.29, 1.82) is 0 Å². The van der Waals surface area contributed by atoms with Gasteiger partial charge in [0.2, 0.25) is 0 Å². The maximum Gasteiger partial charge on any atom is 0.0712 e. The fourth-order valence-electron chi connectivity index (χ4n) is 4.12. The van der Waals surface area contributed by atoms with Crippen molar-refractivity contribution in [2.24, 2.45) is 11.3 Å². The molecule has 0 saturated carbocycles. The van der Waals surface area contributed by atoms with Crippen LogP contribution in [0, 0.1) is 11.3 Å². The first-order valence-corrected chi connectivity index (χ1v) is 9.96. The molecule has 1 atom stereocenters. The molecule has 142 valence electrons. The molecule has 1 aliphatic carbocycles. The molecule has 1 heterocycles. The van der Waals surface area contributed by atoms with Gasteiger partial charge in [-0.25, -0.2) is 0 Å². The van der Waals surface area contributed by atoms with E-state index in [4.69, 9.17) is 28.2 Å². The fraction of sp³-hybridized carbons (Fsp3) is 0.348. The van der Waals surface area contributed by atoms with Gasteiger partial charge in [0.1, 0.15) is 0 Å². The van der Waals surface area contributed by atoms with Crippen molar-refractivity contribution in [3.8, 4) is 11.1 Å². The zero-order chi connectivity index (χ0) is 18.5. The Morgan fingerprint density at radius 2 is 1.78 bits per heavy atom. The molecule has 0 N–H and O–H groups in total. The number of hydrogen-bond donors (Lipinski definition) is 0. The quantitative estimate of drug-likeness (QED) is 0.571. The van der Waals surface area contributed by atoms with Gasteiger partial charge in [0.15, 0.2) is 0 Å². The summed E-state index contributed by atoms with van der Waals surface area (Å²) in [6, 6.07) is 14.1. The fourth-order valence-corrected chi connectivity index (χ4v) is 4.52. The third-order valence-corrected chi connectivity index (χ3v) is 6.25. The maximum absolute atomic E-state index is 6.61. The van der Waals surface area contributed by atoms with E-state index in [0.717, 1.165) is 39.4 Å². The largest absolute Gasteiger partial charge is 1.00 e. The lowest BCUT2D eigenvalue weighted by molar-refractivity contribution is -0.00000570. The number of aromatic nitrogens is 1. The van der Waals surface area contributed by atoms with Gasteiger partial charge in [-0.2, -0.15) is 0 Å². The standard InChI is InChI=1S/C23H23Cl2N.ClH/c1-23(2,3)14-8-10-20-17(12-14)22(16-6-4-5-7-19(16)25)18-13-15(24)9-11-21(18)26-20;/h4-7,9,11,13-14H,8,10,12H2,1-3H3;1H/p-1. The predicted octanol–water partition coefficient (Wildman–Crippen LogP) is 4.36. The van der Waals surface area contributed by atoms with E-state index in [1.54, 1.807) is 0 Å². The molecule has 0 spiro atoms. The van der Waals surface area contributed by atoms with Gasteiger partial charge in [0.25, 0.3) is 0 Å². The van der Waals surface area contributed by atoms with E-state index in [-0.39, 0.29) is 17.8 Å². The highest BCUT2D eigenvalue weighted by Gasteiger charge is 2.31. The Hall–Kier alpha value is -1.28. The summed E-state index contributed by atoms with van der Waals surface area (Å²) in [7, 11) is 0. The molecule has 0 bridgehead atoms. The topological polar surface area (TPSA) is 12.9 Å². The van der Waals surface area contributed by atoms with E-state index in [9.17, 15) is 0 Å². The molecular formula is C23H23Cl3N-. The van der Waals surface area contributed by atoms with Crippen LogP contribution in [0.3, 0.4) is 0 Å².